The molecule has 0 radical (unpaired) electrons. The molecule has 9 heteroatoms. The highest BCUT2D eigenvalue weighted by molar-refractivity contribution is 7.90. The van der Waals surface area contributed by atoms with Crippen LogP contribution in [0.1, 0.15) is 23.4 Å². The number of alkyl halides is 1. The van der Waals surface area contributed by atoms with Gasteiger partial charge in [-0.1, -0.05) is 35.9 Å². The van der Waals surface area contributed by atoms with Crippen LogP contribution in [-0.2, 0) is 21.2 Å². The number of hydrogen-bond donors (Lipinski definition) is 1. The van der Waals surface area contributed by atoms with Gasteiger partial charge in [0.2, 0.25) is 5.91 Å². The Morgan fingerprint density at radius 2 is 1.93 bits per heavy atom. The molecule has 0 aromatic heterocycles. The molecule has 1 atom stereocenters. The molecule has 1 amide bonds. The molecule has 2 rings (SSSR count). The van der Waals surface area contributed by atoms with E-state index in [0.717, 1.165) is 0 Å². The van der Waals surface area contributed by atoms with Crippen LogP contribution in [0, 0.1) is 0 Å². The zero-order chi connectivity index (χ0) is 20.9. The monoisotopic (exact) mass is 441 g/mol. The van der Waals surface area contributed by atoms with Crippen LogP contribution in [0.25, 0.3) is 0 Å². The summed E-state index contributed by atoms with van der Waals surface area (Å²) in [7, 11) is -0.660. The number of benzene rings is 2. The van der Waals surface area contributed by atoms with Crippen LogP contribution >= 0.6 is 23.2 Å². The first-order chi connectivity index (χ1) is 13.1. The first-order valence-electron chi connectivity index (χ1n) is 8.38. The molecule has 0 fully saturated rings. The van der Waals surface area contributed by atoms with Gasteiger partial charge >= 0.3 is 0 Å². The number of anilines is 1. The van der Waals surface area contributed by atoms with E-state index >= 15 is 0 Å². The van der Waals surface area contributed by atoms with Gasteiger partial charge in [-0.25, -0.2) is 0 Å². The maximum absolute atomic E-state index is 12.6. The summed E-state index contributed by atoms with van der Waals surface area (Å²) in [6, 6.07) is 11.6. The van der Waals surface area contributed by atoms with Crippen molar-refractivity contribution in [1.82, 2.24) is 4.90 Å². The molecule has 0 saturated carbocycles. The summed E-state index contributed by atoms with van der Waals surface area (Å²) in [5.41, 5.74) is 1.41. The summed E-state index contributed by atoms with van der Waals surface area (Å²) in [4.78, 5) is 13.8. The van der Waals surface area contributed by atoms with Crippen molar-refractivity contribution in [2.24, 2.45) is 4.40 Å². The summed E-state index contributed by atoms with van der Waals surface area (Å²) < 4.78 is 28.9. The van der Waals surface area contributed by atoms with Gasteiger partial charge in [-0.15, -0.1) is 16.0 Å². The van der Waals surface area contributed by atoms with Gasteiger partial charge in [-0.2, -0.15) is 8.42 Å². The zero-order valence-electron chi connectivity index (χ0n) is 15.7. The number of amides is 1. The molecule has 1 unspecified atom stereocenters. The van der Waals surface area contributed by atoms with Gasteiger partial charge in [-0.05, 0) is 36.2 Å². The number of nitrogens with zero attached hydrogens (tertiary/aromatic N) is 2. The lowest BCUT2D eigenvalue weighted by Crippen LogP contribution is -2.16. The summed E-state index contributed by atoms with van der Waals surface area (Å²) in [5, 5.41) is 2.64. The minimum Gasteiger partial charge on any atom is -0.368 e. The summed E-state index contributed by atoms with van der Waals surface area (Å²) in [5.74, 6) is -0.320. The van der Waals surface area contributed by atoms with Crippen molar-refractivity contribution < 1.29 is 13.2 Å². The summed E-state index contributed by atoms with van der Waals surface area (Å²) in [6.07, 6.45) is 1.26. The molecule has 2 aromatic carbocycles. The molecule has 1 N–H and O–H groups in total. The lowest BCUT2D eigenvalue weighted by atomic mass is 10.1. The van der Waals surface area contributed by atoms with Crippen molar-refractivity contribution in [3.63, 3.8) is 0 Å². The van der Waals surface area contributed by atoms with Gasteiger partial charge in [0.05, 0.1) is 16.7 Å². The Labute approximate surface area is 175 Å². The van der Waals surface area contributed by atoms with Crippen molar-refractivity contribution in [2.45, 2.75) is 23.6 Å². The van der Waals surface area contributed by atoms with Crippen molar-refractivity contribution in [1.29, 1.82) is 0 Å². The Morgan fingerprint density at radius 3 is 2.54 bits per heavy atom. The topological polar surface area (TPSA) is 78.8 Å². The standard InChI is InChI=1S/C19H21Cl2N3O3S/c1-13(20)16-9-8-15(11-18(16)28(26,27)22-12-24(2)3)23-19(25)10-14-6-4-5-7-17(14)21/h4-9,11-13H,10H2,1-3H3,(H,23,25). The predicted molar refractivity (Wildman–Crippen MR) is 114 cm³/mol. The Kier molecular flexibility index (Phi) is 7.46. The lowest BCUT2D eigenvalue weighted by Gasteiger charge is -2.13. The van der Waals surface area contributed by atoms with Crippen molar-refractivity contribution in [2.75, 3.05) is 19.4 Å². The third-order valence-corrected chi connectivity index (χ3v) is 5.61. The average molecular weight is 442 g/mol. The second kappa shape index (κ2) is 9.41. The number of carbonyl (C=O) groups is 1. The predicted octanol–water partition coefficient (Wildman–Crippen LogP) is 4.10. The van der Waals surface area contributed by atoms with E-state index in [1.807, 2.05) is 0 Å². The highest BCUT2D eigenvalue weighted by Gasteiger charge is 2.21. The molecule has 0 bridgehead atoms. The molecule has 0 heterocycles. The van der Waals surface area contributed by atoms with E-state index < -0.39 is 15.4 Å². The largest absolute Gasteiger partial charge is 0.368 e. The van der Waals surface area contributed by atoms with E-state index in [2.05, 4.69) is 9.71 Å². The van der Waals surface area contributed by atoms with Crippen LogP contribution in [-0.4, -0.2) is 39.7 Å². The van der Waals surface area contributed by atoms with E-state index in [9.17, 15) is 13.2 Å². The molecule has 0 aliphatic heterocycles. The number of hydrogen-bond acceptors (Lipinski definition) is 3. The van der Waals surface area contributed by atoms with Gasteiger partial charge in [-0.3, -0.25) is 4.79 Å². The van der Waals surface area contributed by atoms with Gasteiger partial charge in [0.1, 0.15) is 6.34 Å². The minimum atomic E-state index is -3.98. The van der Waals surface area contributed by atoms with Crippen LogP contribution < -0.4 is 5.32 Å². The normalized spacial score (nSPS) is 12.8. The molecule has 28 heavy (non-hydrogen) atoms. The van der Waals surface area contributed by atoms with E-state index in [0.29, 0.717) is 21.8 Å². The fourth-order valence-corrected chi connectivity index (χ4v) is 4.10. The van der Waals surface area contributed by atoms with Crippen molar-refractivity contribution in [3.05, 3.63) is 58.6 Å². The Hall–Kier alpha value is -2.09. The van der Waals surface area contributed by atoms with Crippen LogP contribution in [0.4, 0.5) is 5.69 Å². The first-order valence-corrected chi connectivity index (χ1v) is 10.6. The summed E-state index contributed by atoms with van der Waals surface area (Å²) >= 11 is 12.2. The average Bonchev–Trinajstić information content (AvgIpc) is 2.62. The third-order valence-electron chi connectivity index (χ3n) is 3.73. The van der Waals surface area contributed by atoms with Gasteiger partial charge in [0.25, 0.3) is 10.0 Å². The second-order valence-electron chi connectivity index (χ2n) is 6.34. The van der Waals surface area contributed by atoms with Crippen LogP contribution in [0.15, 0.2) is 51.8 Å². The van der Waals surface area contributed by atoms with E-state index in [1.54, 1.807) is 57.4 Å². The molecule has 6 nitrogen and oxygen atoms in total. The minimum absolute atomic E-state index is 0.0522. The van der Waals surface area contributed by atoms with E-state index in [4.69, 9.17) is 23.2 Å². The van der Waals surface area contributed by atoms with Crippen LogP contribution in [0.2, 0.25) is 5.02 Å². The van der Waals surface area contributed by atoms with Gasteiger partial charge in [0.15, 0.2) is 0 Å². The molecular weight excluding hydrogens is 421 g/mol. The number of sulfonamides is 1. The van der Waals surface area contributed by atoms with E-state index in [1.165, 1.54) is 17.3 Å². The smallest absolute Gasteiger partial charge is 0.284 e. The fourth-order valence-electron chi connectivity index (χ4n) is 2.40. The molecule has 0 aliphatic rings. The van der Waals surface area contributed by atoms with Crippen LogP contribution in [0.3, 0.4) is 0 Å². The number of halogens is 2. The third kappa shape index (κ3) is 5.95. The molecule has 0 saturated heterocycles. The highest BCUT2D eigenvalue weighted by Crippen LogP contribution is 2.30. The number of rotatable bonds is 7. The quantitative estimate of drug-likeness (QED) is 0.398. The van der Waals surface area contributed by atoms with E-state index in [-0.39, 0.29) is 17.2 Å². The summed E-state index contributed by atoms with van der Waals surface area (Å²) in [6.45, 7) is 1.67. The maximum atomic E-state index is 12.6. The molecule has 150 valence electrons. The number of carbonyl (C=O) groups excluding carboxylic acids is 1. The molecule has 2 aromatic rings. The van der Waals surface area contributed by atoms with Gasteiger partial charge < -0.3 is 10.2 Å². The second-order valence-corrected chi connectivity index (χ2v) is 9.01. The fraction of sp³-hybridized carbons (Fsp3) is 0.263. The molecular formula is C19H21Cl2N3O3S. The SMILES string of the molecule is CC(Cl)c1ccc(NC(=O)Cc2ccccc2Cl)cc1S(=O)(=O)N=CN(C)C. The Morgan fingerprint density at radius 1 is 1.25 bits per heavy atom. The van der Waals surface area contributed by atoms with Crippen LogP contribution in [0.5, 0.6) is 0 Å². The van der Waals surface area contributed by atoms with Gasteiger partial charge in [0, 0.05) is 24.8 Å². The molecule has 0 aliphatic carbocycles. The first kappa shape index (κ1) is 22.2. The van der Waals surface area contributed by atoms with Crippen molar-refractivity contribution >= 4 is 51.2 Å². The Balaban J connectivity index is 2.32. The molecule has 0 spiro atoms. The number of nitrogens with one attached hydrogen (secondary N) is 1. The van der Waals surface area contributed by atoms with Crippen molar-refractivity contribution in [3.8, 4) is 0 Å². The maximum Gasteiger partial charge on any atom is 0.284 e. The lowest BCUT2D eigenvalue weighted by molar-refractivity contribution is -0.115. The Bertz CT molecular complexity index is 990. The highest BCUT2D eigenvalue weighted by atomic mass is 35.5. The zero-order valence-corrected chi connectivity index (χ0v) is 18.0.